The van der Waals surface area contributed by atoms with Crippen LogP contribution in [0.4, 0.5) is 29.2 Å². The first-order valence-corrected chi connectivity index (χ1v) is 14.4. The van der Waals surface area contributed by atoms with E-state index < -0.39 is 0 Å². The van der Waals surface area contributed by atoms with Crippen LogP contribution < -0.4 is 16.0 Å². The summed E-state index contributed by atoms with van der Waals surface area (Å²) in [6, 6.07) is 23.7. The molecule has 1 aliphatic rings. The Balaban J connectivity index is 0.000000158. The molecule has 5 N–H and O–H groups in total. The van der Waals surface area contributed by atoms with Crippen molar-refractivity contribution in [2.24, 2.45) is 0 Å². The molecule has 0 radical (unpaired) electrons. The number of rotatable bonds is 8. The standard InChI is InChI=1S/C20H19N7.C12H11N5/c1-2-6-16-15(5-1)19(24-18-10-17(26-27-18)14-7-8-14)25-20(23-16)22-12-13-4-3-9-21-11-13;1-8-6-11(17-16-8)15-12-9-4-2-3-5-10(9)13-7-14-12/h1-6,9-11,14H,7-8,12H2,(H3,22,23,24,25,26,27);2-7H,1H3,(H2,13,14,15,16,17). The van der Waals surface area contributed by atoms with Gasteiger partial charge in [-0.25, -0.2) is 15.0 Å². The zero-order valence-corrected chi connectivity index (χ0v) is 24.0. The van der Waals surface area contributed by atoms with Crippen molar-refractivity contribution in [3.63, 3.8) is 0 Å². The Labute approximate surface area is 252 Å². The molecule has 7 aromatic rings. The zero-order chi connectivity index (χ0) is 29.7. The summed E-state index contributed by atoms with van der Waals surface area (Å²) in [5, 5.41) is 26.2. The summed E-state index contributed by atoms with van der Waals surface area (Å²) in [6.07, 6.45) is 7.61. The van der Waals surface area contributed by atoms with Crippen molar-refractivity contribution in [2.45, 2.75) is 32.2 Å². The van der Waals surface area contributed by atoms with Gasteiger partial charge in [0.05, 0.1) is 11.0 Å². The van der Waals surface area contributed by atoms with Crippen LogP contribution in [-0.4, -0.2) is 45.3 Å². The number of H-pyrrole nitrogens is 2. The van der Waals surface area contributed by atoms with Gasteiger partial charge in [0, 0.05) is 59.1 Å². The molecule has 0 atom stereocenters. The summed E-state index contributed by atoms with van der Waals surface area (Å²) in [7, 11) is 0. The van der Waals surface area contributed by atoms with Gasteiger partial charge in [-0.05, 0) is 55.7 Å². The van der Waals surface area contributed by atoms with Gasteiger partial charge in [0.15, 0.2) is 11.6 Å². The van der Waals surface area contributed by atoms with Crippen LogP contribution in [0.1, 0.15) is 35.7 Å². The third-order valence-electron chi connectivity index (χ3n) is 7.13. The van der Waals surface area contributed by atoms with Gasteiger partial charge in [-0.15, -0.1) is 0 Å². The Morgan fingerprint density at radius 1 is 0.773 bits per heavy atom. The molecule has 8 rings (SSSR count). The predicted molar refractivity (Wildman–Crippen MR) is 171 cm³/mol. The Morgan fingerprint density at radius 2 is 1.52 bits per heavy atom. The van der Waals surface area contributed by atoms with Gasteiger partial charge < -0.3 is 16.0 Å². The van der Waals surface area contributed by atoms with E-state index in [1.54, 1.807) is 12.5 Å². The summed E-state index contributed by atoms with van der Waals surface area (Å²) < 4.78 is 0. The number of nitrogens with zero attached hydrogens (tertiary/aromatic N) is 7. The first-order valence-electron chi connectivity index (χ1n) is 14.4. The number of aromatic amines is 2. The molecule has 0 unspecified atom stereocenters. The van der Waals surface area contributed by atoms with Crippen molar-refractivity contribution in [1.29, 1.82) is 0 Å². The molecular weight excluding hydrogens is 552 g/mol. The van der Waals surface area contributed by atoms with Crippen LogP contribution in [0.15, 0.2) is 91.5 Å². The number of pyridine rings is 1. The average molecular weight is 583 g/mol. The van der Waals surface area contributed by atoms with Gasteiger partial charge in [-0.1, -0.05) is 30.3 Å². The Kier molecular flexibility index (Phi) is 7.44. The maximum absolute atomic E-state index is 4.67. The zero-order valence-electron chi connectivity index (χ0n) is 24.0. The quantitative estimate of drug-likeness (QED) is 0.136. The Bertz CT molecular complexity index is 2010. The second-order valence-corrected chi connectivity index (χ2v) is 10.5. The van der Waals surface area contributed by atoms with Crippen molar-refractivity contribution >= 4 is 51.0 Å². The van der Waals surface area contributed by atoms with Gasteiger partial charge in [-0.2, -0.15) is 15.2 Å². The number of aromatic nitrogens is 9. The van der Waals surface area contributed by atoms with E-state index in [1.165, 1.54) is 18.5 Å². The monoisotopic (exact) mass is 582 g/mol. The number of benzene rings is 2. The lowest BCUT2D eigenvalue weighted by atomic mass is 10.2. The molecule has 5 heterocycles. The number of fused-ring (bicyclic) bond motifs is 2. The molecule has 44 heavy (non-hydrogen) atoms. The van der Waals surface area contributed by atoms with Gasteiger partial charge in [0.2, 0.25) is 5.95 Å². The highest BCUT2D eigenvalue weighted by atomic mass is 15.2. The minimum absolute atomic E-state index is 0.568. The van der Waals surface area contributed by atoms with Crippen LogP contribution in [0.25, 0.3) is 21.8 Å². The molecule has 0 aliphatic heterocycles. The maximum Gasteiger partial charge on any atom is 0.225 e. The number of anilines is 5. The molecule has 1 aliphatic carbocycles. The lowest BCUT2D eigenvalue weighted by Crippen LogP contribution is -2.06. The SMILES string of the molecule is Cc1cc(Nc2ncnc3ccccc23)n[nH]1.c1cncc(CNc2nc(Nc3cc(C4CC4)[nH]n3)c3ccccc3n2)c1. The third-order valence-corrected chi connectivity index (χ3v) is 7.13. The first kappa shape index (κ1) is 27.0. The second kappa shape index (κ2) is 12.1. The molecular formula is C32H30N12. The lowest BCUT2D eigenvalue weighted by Gasteiger charge is -2.10. The van der Waals surface area contributed by atoms with E-state index in [2.05, 4.69) is 67.3 Å². The van der Waals surface area contributed by atoms with Gasteiger partial charge >= 0.3 is 0 Å². The molecule has 0 saturated heterocycles. The van der Waals surface area contributed by atoms with Gasteiger partial charge in [0.25, 0.3) is 0 Å². The van der Waals surface area contributed by atoms with Crippen LogP contribution in [0, 0.1) is 6.92 Å². The van der Waals surface area contributed by atoms with Crippen molar-refractivity contribution in [3.05, 3.63) is 108 Å². The number of para-hydroxylation sites is 2. The molecule has 12 nitrogen and oxygen atoms in total. The average Bonchev–Trinajstić information content (AvgIpc) is 3.68. The molecule has 0 spiro atoms. The summed E-state index contributed by atoms with van der Waals surface area (Å²) in [5.74, 6) is 4.24. The second-order valence-electron chi connectivity index (χ2n) is 10.5. The topological polar surface area (TPSA) is 158 Å². The molecule has 12 heteroatoms. The van der Waals surface area contributed by atoms with Crippen LogP contribution in [0.2, 0.25) is 0 Å². The fraction of sp³-hybridized carbons (Fsp3) is 0.156. The highest BCUT2D eigenvalue weighted by molar-refractivity contribution is 5.91. The van der Waals surface area contributed by atoms with Crippen molar-refractivity contribution < 1.29 is 0 Å². The summed E-state index contributed by atoms with van der Waals surface area (Å²) in [4.78, 5) is 21.9. The molecule has 1 fully saturated rings. The first-order chi connectivity index (χ1) is 21.7. The summed E-state index contributed by atoms with van der Waals surface area (Å²) >= 11 is 0. The van der Waals surface area contributed by atoms with E-state index in [4.69, 9.17) is 0 Å². The predicted octanol–water partition coefficient (Wildman–Crippen LogP) is 6.39. The largest absolute Gasteiger partial charge is 0.350 e. The normalized spacial score (nSPS) is 12.5. The number of hydrogen-bond donors (Lipinski definition) is 5. The van der Waals surface area contributed by atoms with Crippen LogP contribution in [0.5, 0.6) is 0 Å². The van der Waals surface area contributed by atoms with Crippen molar-refractivity contribution in [3.8, 4) is 0 Å². The van der Waals surface area contributed by atoms with Crippen LogP contribution in [-0.2, 0) is 6.54 Å². The van der Waals surface area contributed by atoms with E-state index in [0.29, 0.717) is 18.4 Å². The van der Waals surface area contributed by atoms with Gasteiger partial charge in [-0.3, -0.25) is 15.2 Å². The molecule has 0 bridgehead atoms. The Hall–Kier alpha value is -5.91. The van der Waals surface area contributed by atoms with Crippen molar-refractivity contribution in [1.82, 2.24) is 45.3 Å². The highest BCUT2D eigenvalue weighted by Crippen LogP contribution is 2.39. The molecule has 218 valence electrons. The van der Waals surface area contributed by atoms with E-state index >= 15 is 0 Å². The number of hydrogen-bond acceptors (Lipinski definition) is 10. The lowest BCUT2D eigenvalue weighted by molar-refractivity contribution is 0.966. The maximum atomic E-state index is 4.67. The smallest absolute Gasteiger partial charge is 0.225 e. The minimum Gasteiger partial charge on any atom is -0.350 e. The van der Waals surface area contributed by atoms with E-state index in [1.807, 2.05) is 79.9 Å². The molecule has 1 saturated carbocycles. The number of nitrogens with one attached hydrogen (secondary N) is 5. The van der Waals surface area contributed by atoms with Crippen LogP contribution >= 0.6 is 0 Å². The van der Waals surface area contributed by atoms with Crippen LogP contribution in [0.3, 0.4) is 0 Å². The fourth-order valence-electron chi connectivity index (χ4n) is 4.77. The fourth-order valence-corrected chi connectivity index (χ4v) is 4.77. The summed E-state index contributed by atoms with van der Waals surface area (Å²) in [5.41, 5.74) is 5.06. The van der Waals surface area contributed by atoms with E-state index in [9.17, 15) is 0 Å². The molecule has 2 aromatic carbocycles. The molecule has 5 aromatic heterocycles. The van der Waals surface area contributed by atoms with Gasteiger partial charge in [0.1, 0.15) is 18.0 Å². The number of aryl methyl sites for hydroxylation is 1. The highest BCUT2D eigenvalue weighted by Gasteiger charge is 2.25. The van der Waals surface area contributed by atoms with E-state index in [-0.39, 0.29) is 0 Å². The van der Waals surface area contributed by atoms with Crippen molar-refractivity contribution in [2.75, 3.05) is 16.0 Å². The summed E-state index contributed by atoms with van der Waals surface area (Å²) in [6.45, 7) is 2.57. The Morgan fingerprint density at radius 3 is 2.30 bits per heavy atom. The van der Waals surface area contributed by atoms with E-state index in [0.717, 1.165) is 56.3 Å². The molecule has 0 amide bonds. The minimum atomic E-state index is 0.568. The third kappa shape index (κ3) is 6.28.